The molecule has 4 heterocycles. The van der Waals surface area contributed by atoms with Gasteiger partial charge in [0.1, 0.15) is 5.60 Å². The Hall–Kier alpha value is -5.77. The highest BCUT2D eigenvalue weighted by atomic mass is 16.6. The van der Waals surface area contributed by atoms with Crippen LogP contribution in [0, 0.1) is 13.8 Å². The van der Waals surface area contributed by atoms with E-state index in [1.807, 2.05) is 64.2 Å². The van der Waals surface area contributed by atoms with Crippen LogP contribution < -0.4 is 0 Å². The Balaban J connectivity index is 0.000000198. The molecule has 0 aliphatic heterocycles. The van der Waals surface area contributed by atoms with Gasteiger partial charge in [-0.15, -0.1) is 0 Å². The number of nitrogens with zero attached hydrogens (tertiary/aromatic N) is 3. The highest BCUT2D eigenvalue weighted by Gasteiger charge is 2.20. The van der Waals surface area contributed by atoms with Gasteiger partial charge in [-0.3, -0.25) is 14.5 Å². The summed E-state index contributed by atoms with van der Waals surface area (Å²) in [6.45, 7) is 9.56. The molecule has 0 atom stereocenters. The van der Waals surface area contributed by atoms with E-state index in [-0.39, 0.29) is 11.5 Å². The Bertz CT molecular complexity index is 2140. The van der Waals surface area contributed by atoms with Crippen LogP contribution in [0.5, 0.6) is 0 Å². The van der Waals surface area contributed by atoms with Gasteiger partial charge in [-0.25, -0.2) is 14.4 Å². The van der Waals surface area contributed by atoms with Gasteiger partial charge in [-0.2, -0.15) is 0 Å². The molecular formula is C38H38N4O6. The van der Waals surface area contributed by atoms with Crippen molar-refractivity contribution >= 4 is 39.8 Å². The van der Waals surface area contributed by atoms with E-state index in [4.69, 9.17) is 14.6 Å². The lowest BCUT2D eigenvalue weighted by Crippen LogP contribution is -2.26. The lowest BCUT2D eigenvalue weighted by molar-refractivity contribution is 0.0542. The molecule has 2 N–H and O–H groups in total. The summed E-state index contributed by atoms with van der Waals surface area (Å²) >= 11 is 0. The number of hydrogen-bond donors (Lipinski definition) is 2. The Morgan fingerprint density at radius 1 is 0.812 bits per heavy atom. The minimum atomic E-state index is -0.925. The van der Waals surface area contributed by atoms with Crippen LogP contribution in [0.1, 0.15) is 75.1 Å². The van der Waals surface area contributed by atoms with Crippen molar-refractivity contribution < 1.29 is 29.0 Å². The first-order chi connectivity index (χ1) is 22.8. The number of carbonyl (C=O) groups excluding carboxylic acids is 2. The monoisotopic (exact) mass is 646 g/mol. The van der Waals surface area contributed by atoms with Crippen molar-refractivity contribution in [2.75, 3.05) is 7.11 Å². The summed E-state index contributed by atoms with van der Waals surface area (Å²) in [5.41, 5.74) is 7.97. The molecule has 6 rings (SSSR count). The molecule has 0 amide bonds. The van der Waals surface area contributed by atoms with Gasteiger partial charge in [0.2, 0.25) is 0 Å². The van der Waals surface area contributed by atoms with Crippen LogP contribution in [0.15, 0.2) is 85.5 Å². The van der Waals surface area contributed by atoms with Crippen molar-refractivity contribution in [1.82, 2.24) is 19.5 Å². The zero-order valence-electron chi connectivity index (χ0n) is 27.8. The lowest BCUT2D eigenvalue weighted by Gasteiger charge is -2.19. The van der Waals surface area contributed by atoms with E-state index in [2.05, 4.69) is 27.9 Å². The molecule has 10 heteroatoms. The molecule has 0 aliphatic carbocycles. The molecule has 0 saturated heterocycles. The van der Waals surface area contributed by atoms with Crippen LogP contribution in [0.25, 0.3) is 21.8 Å². The predicted molar refractivity (Wildman–Crippen MR) is 184 cm³/mol. The van der Waals surface area contributed by atoms with Crippen molar-refractivity contribution in [2.24, 2.45) is 0 Å². The summed E-state index contributed by atoms with van der Waals surface area (Å²) < 4.78 is 11.8. The highest BCUT2D eigenvalue weighted by Crippen LogP contribution is 2.25. The fourth-order valence-corrected chi connectivity index (χ4v) is 5.38. The van der Waals surface area contributed by atoms with Gasteiger partial charge in [0.25, 0.3) is 0 Å². The summed E-state index contributed by atoms with van der Waals surface area (Å²) in [6.07, 6.45) is 7.71. The van der Waals surface area contributed by atoms with Gasteiger partial charge >= 0.3 is 18.0 Å². The molecule has 0 saturated carbocycles. The fourth-order valence-electron chi connectivity index (χ4n) is 5.38. The van der Waals surface area contributed by atoms with E-state index in [0.717, 1.165) is 44.5 Å². The minimum Gasteiger partial charge on any atom is -0.478 e. The standard InChI is InChI=1S/C22H24N2O4.C16H14N2O2/c1-14-13-24(21(26)28-22(2,3)4)19-7-6-15(11-18(14)19)10-17-12-16(8-9-23-17)20(25)27-5;1-10-9-18-15-3-2-11(7-14(10)15)6-13-8-12(16(19)20)4-5-17-13/h6-9,11-13H,10H2,1-5H3;2-5,7-9,18H,6H2,1H3,(H,19,20). The highest BCUT2D eigenvalue weighted by molar-refractivity contribution is 5.92. The molecule has 10 nitrogen and oxygen atoms in total. The maximum absolute atomic E-state index is 12.5. The van der Waals surface area contributed by atoms with E-state index < -0.39 is 17.7 Å². The number of carboxylic acids is 1. The predicted octanol–water partition coefficient (Wildman–Crippen LogP) is 7.67. The second-order valence-electron chi connectivity index (χ2n) is 12.6. The van der Waals surface area contributed by atoms with Crippen molar-refractivity contribution in [3.8, 4) is 0 Å². The van der Waals surface area contributed by atoms with Crippen LogP contribution in [-0.2, 0) is 22.3 Å². The number of ether oxygens (including phenoxy) is 2. The van der Waals surface area contributed by atoms with Gasteiger partial charge in [0.15, 0.2) is 0 Å². The number of fused-ring (bicyclic) bond motifs is 2. The Kier molecular flexibility index (Phi) is 9.74. The van der Waals surface area contributed by atoms with E-state index in [0.29, 0.717) is 18.4 Å². The Labute approximate surface area is 278 Å². The maximum Gasteiger partial charge on any atom is 0.418 e. The third-order valence-electron chi connectivity index (χ3n) is 7.68. The summed E-state index contributed by atoms with van der Waals surface area (Å²) in [4.78, 5) is 46.9. The molecule has 2 aromatic carbocycles. The van der Waals surface area contributed by atoms with Crippen molar-refractivity contribution in [2.45, 2.75) is 53.1 Å². The second kappa shape index (κ2) is 13.9. The van der Waals surface area contributed by atoms with Gasteiger partial charge < -0.3 is 19.6 Å². The van der Waals surface area contributed by atoms with E-state index in [1.54, 1.807) is 36.8 Å². The summed E-state index contributed by atoms with van der Waals surface area (Å²) in [7, 11) is 1.36. The second-order valence-corrected chi connectivity index (χ2v) is 12.6. The van der Waals surface area contributed by atoms with Crippen molar-refractivity contribution in [3.05, 3.63) is 130 Å². The quantitative estimate of drug-likeness (QED) is 0.176. The molecule has 48 heavy (non-hydrogen) atoms. The van der Waals surface area contributed by atoms with E-state index in [9.17, 15) is 14.4 Å². The molecule has 0 radical (unpaired) electrons. The molecular weight excluding hydrogens is 608 g/mol. The fraction of sp³-hybridized carbons (Fsp3) is 0.237. The number of H-pyrrole nitrogens is 1. The van der Waals surface area contributed by atoms with E-state index >= 15 is 0 Å². The molecule has 246 valence electrons. The average molecular weight is 647 g/mol. The number of methoxy groups -OCH3 is 1. The summed E-state index contributed by atoms with van der Waals surface area (Å²) in [5.74, 6) is -1.31. The smallest absolute Gasteiger partial charge is 0.418 e. The molecule has 0 unspecified atom stereocenters. The molecule has 4 aromatic heterocycles. The Morgan fingerprint density at radius 2 is 1.42 bits per heavy atom. The van der Waals surface area contributed by atoms with Crippen LogP contribution in [-0.4, -0.2) is 55.4 Å². The Morgan fingerprint density at radius 3 is 2.04 bits per heavy atom. The third-order valence-corrected chi connectivity index (χ3v) is 7.68. The molecule has 6 aromatic rings. The van der Waals surface area contributed by atoms with Gasteiger partial charge in [-0.1, -0.05) is 12.1 Å². The van der Waals surface area contributed by atoms with Gasteiger partial charge in [0.05, 0.1) is 23.8 Å². The normalized spacial score (nSPS) is 11.2. The summed E-state index contributed by atoms with van der Waals surface area (Å²) in [6, 6.07) is 18.6. The number of esters is 1. The number of benzene rings is 2. The number of aromatic amines is 1. The first-order valence-electron chi connectivity index (χ1n) is 15.4. The number of aryl methyl sites for hydroxylation is 2. The lowest BCUT2D eigenvalue weighted by atomic mass is 10.0. The zero-order valence-corrected chi connectivity index (χ0v) is 27.8. The number of carbonyl (C=O) groups is 3. The van der Waals surface area contributed by atoms with Crippen LogP contribution in [0.3, 0.4) is 0 Å². The number of carboxylic acid groups (broad SMARTS) is 1. The number of aromatic nitrogens is 4. The number of nitrogens with one attached hydrogen (secondary N) is 1. The first kappa shape index (κ1) is 33.6. The van der Waals surface area contributed by atoms with Crippen molar-refractivity contribution in [3.63, 3.8) is 0 Å². The first-order valence-corrected chi connectivity index (χ1v) is 15.4. The average Bonchev–Trinajstić information content (AvgIpc) is 3.59. The SMILES string of the molecule is COC(=O)c1ccnc(Cc2ccc3c(c2)c(C)cn3C(=O)OC(C)(C)C)c1.Cc1c[nH]c2ccc(Cc3cc(C(=O)O)ccn3)cc12. The number of rotatable bonds is 6. The summed E-state index contributed by atoms with van der Waals surface area (Å²) in [5, 5.41) is 11.2. The third kappa shape index (κ3) is 7.95. The molecule has 0 spiro atoms. The number of pyridine rings is 2. The van der Waals surface area contributed by atoms with Crippen LogP contribution >= 0.6 is 0 Å². The molecule has 0 bridgehead atoms. The topological polar surface area (TPSA) is 136 Å². The molecule has 0 fully saturated rings. The molecule has 0 aliphatic rings. The van der Waals surface area contributed by atoms with Crippen LogP contribution in [0.2, 0.25) is 0 Å². The number of aromatic carboxylic acids is 1. The van der Waals surface area contributed by atoms with E-state index in [1.165, 1.54) is 28.7 Å². The minimum absolute atomic E-state index is 0.272. The number of hydrogen-bond acceptors (Lipinski definition) is 7. The van der Waals surface area contributed by atoms with Crippen LogP contribution in [0.4, 0.5) is 4.79 Å². The zero-order chi connectivity index (χ0) is 34.6. The maximum atomic E-state index is 12.5. The van der Waals surface area contributed by atoms with Crippen molar-refractivity contribution in [1.29, 1.82) is 0 Å². The largest absolute Gasteiger partial charge is 0.478 e. The van der Waals surface area contributed by atoms with Gasteiger partial charge in [0, 0.05) is 65.3 Å². The van der Waals surface area contributed by atoms with Gasteiger partial charge in [-0.05, 0) is 105 Å².